The van der Waals surface area contributed by atoms with Gasteiger partial charge in [-0.05, 0) is 36.8 Å². The van der Waals surface area contributed by atoms with Crippen LogP contribution in [0.2, 0.25) is 0 Å². The Bertz CT molecular complexity index is 1080. The number of rotatable bonds is 7. The molecule has 170 valence electrons. The maximum atomic E-state index is 12.7. The fourth-order valence-electron chi connectivity index (χ4n) is 3.09. The number of amides is 2. The van der Waals surface area contributed by atoms with Crippen molar-refractivity contribution in [3.63, 3.8) is 0 Å². The predicted octanol–water partition coefficient (Wildman–Crippen LogP) is 2.74. The van der Waals surface area contributed by atoms with E-state index in [1.165, 1.54) is 11.8 Å². The monoisotopic (exact) mass is 464 g/mol. The molecule has 3 rings (SSSR count). The van der Waals surface area contributed by atoms with Crippen molar-refractivity contribution >= 4 is 34.7 Å². The summed E-state index contributed by atoms with van der Waals surface area (Å²) in [5.74, 6) is -1.06. The van der Waals surface area contributed by atoms with Gasteiger partial charge in [-0.15, -0.1) is 0 Å². The van der Waals surface area contributed by atoms with Crippen LogP contribution in [0.1, 0.15) is 34.8 Å². The molecule has 0 bridgehead atoms. The summed E-state index contributed by atoms with van der Waals surface area (Å²) >= 11 is 1.21. The molecule has 0 saturated carbocycles. The minimum Gasteiger partial charge on any atom is -0.461 e. The first-order valence-corrected chi connectivity index (χ1v) is 11.3. The number of nitrogens with one attached hydrogen (secondary N) is 1. The third-order valence-electron chi connectivity index (χ3n) is 5.17. The van der Waals surface area contributed by atoms with Gasteiger partial charge >= 0.3 is 5.97 Å². The minimum atomic E-state index is -0.470. The lowest BCUT2D eigenvalue weighted by atomic mass is 10.1. The number of thioether (sulfide) groups is 1. The van der Waals surface area contributed by atoms with E-state index in [0.717, 1.165) is 5.56 Å². The van der Waals surface area contributed by atoms with Crippen LogP contribution in [0.25, 0.3) is 0 Å². The van der Waals surface area contributed by atoms with E-state index in [2.05, 4.69) is 10.3 Å². The fraction of sp³-hybridized carbons (Fsp3) is 0.292. The zero-order chi connectivity index (χ0) is 23.8. The van der Waals surface area contributed by atoms with Crippen LogP contribution < -0.4 is 5.32 Å². The van der Waals surface area contributed by atoms with Crippen molar-refractivity contribution in [1.82, 2.24) is 10.2 Å². The highest BCUT2D eigenvalue weighted by Gasteiger charge is 2.39. The smallest absolute Gasteiger partial charge is 0.307 e. The number of esters is 1. The second kappa shape index (κ2) is 11.3. The first-order chi connectivity index (χ1) is 15.9. The van der Waals surface area contributed by atoms with Crippen molar-refractivity contribution < 1.29 is 19.1 Å². The van der Waals surface area contributed by atoms with E-state index in [4.69, 9.17) is 10.00 Å². The Labute approximate surface area is 196 Å². The second-order valence-corrected chi connectivity index (χ2v) is 8.57. The van der Waals surface area contributed by atoms with E-state index in [0.29, 0.717) is 16.3 Å². The molecule has 1 N–H and O–H groups in total. The fourth-order valence-corrected chi connectivity index (χ4v) is 4.35. The summed E-state index contributed by atoms with van der Waals surface area (Å²) in [6, 6.07) is 17.4. The quantitative estimate of drug-likeness (QED) is 0.627. The Morgan fingerprint density at radius 2 is 1.85 bits per heavy atom. The lowest BCUT2D eigenvalue weighted by molar-refractivity contribution is -0.144. The van der Waals surface area contributed by atoms with Crippen molar-refractivity contribution in [2.45, 2.75) is 31.2 Å². The lowest BCUT2D eigenvalue weighted by Gasteiger charge is -2.19. The molecule has 0 spiro atoms. The highest BCUT2D eigenvalue weighted by molar-refractivity contribution is 8.15. The van der Waals surface area contributed by atoms with Crippen molar-refractivity contribution in [3.8, 4) is 6.07 Å². The number of hydrogen-bond donors (Lipinski definition) is 1. The van der Waals surface area contributed by atoms with Crippen LogP contribution in [0, 0.1) is 11.3 Å². The molecule has 2 unspecified atom stereocenters. The molecule has 9 heteroatoms. The number of nitriles is 1. The van der Waals surface area contributed by atoms with Crippen LogP contribution in [-0.2, 0) is 20.9 Å². The van der Waals surface area contributed by atoms with E-state index < -0.39 is 17.1 Å². The van der Waals surface area contributed by atoms with Gasteiger partial charge in [-0.1, -0.05) is 42.1 Å². The van der Waals surface area contributed by atoms with Gasteiger partial charge in [0.05, 0.1) is 18.1 Å². The topological polar surface area (TPSA) is 112 Å². The van der Waals surface area contributed by atoms with Gasteiger partial charge in [0.1, 0.15) is 11.9 Å². The van der Waals surface area contributed by atoms with Crippen LogP contribution in [0.15, 0.2) is 59.6 Å². The van der Waals surface area contributed by atoms with Gasteiger partial charge in [0.2, 0.25) is 5.91 Å². The van der Waals surface area contributed by atoms with Gasteiger partial charge in [-0.3, -0.25) is 14.4 Å². The second-order valence-electron chi connectivity index (χ2n) is 7.47. The number of benzene rings is 2. The van der Waals surface area contributed by atoms with E-state index in [-0.39, 0.29) is 31.5 Å². The van der Waals surface area contributed by atoms with Gasteiger partial charge in [0, 0.05) is 25.2 Å². The Morgan fingerprint density at radius 3 is 2.52 bits per heavy atom. The predicted molar refractivity (Wildman–Crippen MR) is 125 cm³/mol. The average molecular weight is 465 g/mol. The number of carbonyl (C=O) groups excluding carboxylic acids is 3. The summed E-state index contributed by atoms with van der Waals surface area (Å²) in [4.78, 5) is 43.0. The molecule has 1 aliphatic heterocycles. The molecule has 1 fully saturated rings. The van der Waals surface area contributed by atoms with Crippen LogP contribution in [0.4, 0.5) is 0 Å². The molecule has 2 amide bonds. The number of hydrogen-bond acceptors (Lipinski definition) is 6. The van der Waals surface area contributed by atoms with Crippen LogP contribution in [-0.4, -0.2) is 52.7 Å². The third-order valence-corrected chi connectivity index (χ3v) is 6.62. The Morgan fingerprint density at radius 1 is 1.15 bits per heavy atom. The summed E-state index contributed by atoms with van der Waals surface area (Å²) in [6.07, 6.45) is 0.0678. The summed E-state index contributed by atoms with van der Waals surface area (Å²) in [5.41, 5.74) is 1.72. The maximum Gasteiger partial charge on any atom is 0.307 e. The van der Waals surface area contributed by atoms with Crippen molar-refractivity contribution in [3.05, 3.63) is 71.3 Å². The molecule has 1 aliphatic rings. The lowest BCUT2D eigenvalue weighted by Crippen LogP contribution is -2.41. The summed E-state index contributed by atoms with van der Waals surface area (Å²) in [6.45, 7) is 2.23. The number of nitrogens with zero attached hydrogens (tertiary/aromatic N) is 3. The normalized spacial score (nSPS) is 18.6. The number of ether oxygens (including phenoxy) is 1. The molecule has 2 aromatic carbocycles. The zero-order valence-electron chi connectivity index (χ0n) is 18.4. The molecular weight excluding hydrogens is 440 g/mol. The summed E-state index contributed by atoms with van der Waals surface area (Å²) in [5, 5.41) is 11.6. The Hall–Kier alpha value is -3.64. The first kappa shape index (κ1) is 24.0. The van der Waals surface area contributed by atoms with Gasteiger partial charge < -0.3 is 15.0 Å². The van der Waals surface area contributed by atoms with Gasteiger partial charge in [0.15, 0.2) is 5.17 Å². The van der Waals surface area contributed by atoms with Crippen LogP contribution in [0.5, 0.6) is 0 Å². The molecule has 0 radical (unpaired) electrons. The van der Waals surface area contributed by atoms with Gasteiger partial charge in [-0.25, -0.2) is 0 Å². The molecule has 2 aromatic rings. The molecule has 0 aromatic heterocycles. The standard InChI is InChI=1S/C24H24N4O4S/c1-16-21(23(31)26-13-12-20(29)32-15-18-6-4-3-5-7-18)33-24(28(16)2)27-22(30)19-10-8-17(14-25)9-11-19/h3-11,16,21H,12-13,15H2,1-2H3,(H,26,31). The summed E-state index contributed by atoms with van der Waals surface area (Å²) in [7, 11) is 1.77. The molecule has 33 heavy (non-hydrogen) atoms. The number of aliphatic imine (C=N–C) groups is 1. The highest BCUT2D eigenvalue weighted by atomic mass is 32.2. The molecule has 2 atom stereocenters. The number of carbonyl (C=O) groups is 3. The van der Waals surface area contributed by atoms with Crippen molar-refractivity contribution in [2.75, 3.05) is 13.6 Å². The van der Waals surface area contributed by atoms with E-state index in [1.807, 2.05) is 43.3 Å². The highest BCUT2D eigenvalue weighted by Crippen LogP contribution is 2.31. The van der Waals surface area contributed by atoms with Crippen molar-refractivity contribution in [1.29, 1.82) is 5.26 Å². The van der Waals surface area contributed by atoms with Crippen molar-refractivity contribution in [2.24, 2.45) is 4.99 Å². The van der Waals surface area contributed by atoms with E-state index in [1.54, 1.807) is 36.2 Å². The molecule has 8 nitrogen and oxygen atoms in total. The van der Waals surface area contributed by atoms with Crippen LogP contribution in [0.3, 0.4) is 0 Å². The van der Waals surface area contributed by atoms with Crippen LogP contribution >= 0.6 is 11.8 Å². The average Bonchev–Trinajstić information content (AvgIpc) is 3.12. The molecule has 0 aliphatic carbocycles. The summed E-state index contributed by atoms with van der Waals surface area (Å²) < 4.78 is 5.21. The minimum absolute atomic E-state index is 0.0678. The third kappa shape index (κ3) is 6.43. The SMILES string of the molecule is CC1C(C(=O)NCCC(=O)OCc2ccccc2)SC(=NC(=O)c2ccc(C#N)cc2)N1C. The number of amidine groups is 1. The van der Waals surface area contributed by atoms with E-state index >= 15 is 0 Å². The first-order valence-electron chi connectivity index (χ1n) is 10.4. The van der Waals surface area contributed by atoms with Gasteiger partial charge in [0.25, 0.3) is 5.91 Å². The maximum absolute atomic E-state index is 12.7. The van der Waals surface area contributed by atoms with E-state index in [9.17, 15) is 14.4 Å². The Kier molecular flexibility index (Phi) is 8.22. The zero-order valence-corrected chi connectivity index (χ0v) is 19.2. The Balaban J connectivity index is 1.49. The largest absolute Gasteiger partial charge is 0.461 e. The molecule has 1 saturated heterocycles. The van der Waals surface area contributed by atoms with Gasteiger partial charge in [-0.2, -0.15) is 10.3 Å². The molecule has 1 heterocycles. The molecular formula is C24H24N4O4S.